The van der Waals surface area contributed by atoms with Gasteiger partial charge in [0.15, 0.2) is 0 Å². The van der Waals surface area contributed by atoms with Gasteiger partial charge in [-0.15, -0.1) is 0 Å². The fraction of sp³-hybridized carbons (Fsp3) is 0.400. The van der Waals surface area contributed by atoms with E-state index in [1.54, 1.807) is 0 Å². The number of fused-ring (bicyclic) bond motifs is 1. The topological polar surface area (TPSA) is 28.2 Å². The lowest BCUT2D eigenvalue weighted by atomic mass is 10.1. The third-order valence-electron chi connectivity index (χ3n) is 3.80. The van der Waals surface area contributed by atoms with Crippen molar-refractivity contribution in [3.8, 4) is 0 Å². The van der Waals surface area contributed by atoms with Crippen molar-refractivity contribution < 1.29 is 0 Å². The summed E-state index contributed by atoms with van der Waals surface area (Å²) in [6.45, 7) is 8.25. The lowest BCUT2D eigenvalue weighted by molar-refractivity contribution is 0.585. The van der Waals surface area contributed by atoms with Crippen molar-refractivity contribution in [2.45, 2.75) is 13.8 Å². The first-order valence-electron chi connectivity index (χ1n) is 6.69. The summed E-state index contributed by atoms with van der Waals surface area (Å²) in [7, 11) is 0. The zero-order valence-corrected chi connectivity index (χ0v) is 12.1. The maximum Gasteiger partial charge on any atom is 0.129 e. The number of benzene rings is 1. The molecule has 2 heterocycles. The fourth-order valence-corrected chi connectivity index (χ4v) is 2.76. The van der Waals surface area contributed by atoms with E-state index in [2.05, 4.69) is 29.3 Å². The number of hydrogen-bond acceptors (Lipinski definition) is 3. The summed E-state index contributed by atoms with van der Waals surface area (Å²) in [5.41, 5.74) is 3.36. The zero-order chi connectivity index (χ0) is 13.4. The molecule has 4 heteroatoms. The molecular weight excluding hydrogens is 258 g/mol. The second-order valence-corrected chi connectivity index (χ2v) is 5.51. The molecule has 0 unspecified atom stereocenters. The highest BCUT2D eigenvalue weighted by atomic mass is 35.5. The number of anilines is 1. The van der Waals surface area contributed by atoms with E-state index >= 15 is 0 Å². The van der Waals surface area contributed by atoms with Crippen molar-refractivity contribution in [1.82, 2.24) is 10.3 Å². The Hall–Kier alpha value is -1.32. The molecule has 0 bridgehead atoms. The molecule has 0 amide bonds. The molecule has 1 saturated heterocycles. The molecule has 1 aromatic carbocycles. The largest absolute Gasteiger partial charge is 0.354 e. The first-order chi connectivity index (χ1) is 9.16. The molecule has 0 saturated carbocycles. The van der Waals surface area contributed by atoms with E-state index in [0.29, 0.717) is 0 Å². The Morgan fingerprint density at radius 1 is 1.21 bits per heavy atom. The van der Waals surface area contributed by atoms with Crippen LogP contribution in [0.2, 0.25) is 5.02 Å². The summed E-state index contributed by atoms with van der Waals surface area (Å²) in [5.74, 6) is 1.07. The molecule has 1 fully saturated rings. The molecule has 0 spiro atoms. The van der Waals surface area contributed by atoms with E-state index in [-0.39, 0.29) is 0 Å². The van der Waals surface area contributed by atoms with E-state index < -0.39 is 0 Å². The van der Waals surface area contributed by atoms with Crippen molar-refractivity contribution in [2.24, 2.45) is 0 Å². The maximum absolute atomic E-state index is 6.21. The molecule has 0 radical (unpaired) electrons. The standard InChI is InChI=1S/C15H18ClN3/c1-10-9-14(19-7-5-17-6-8-19)18-15-11(2)13(16)4-3-12(10)15/h3-4,9,17H,5-8H2,1-2H3. The van der Waals surface area contributed by atoms with Gasteiger partial charge in [0.2, 0.25) is 0 Å². The highest BCUT2D eigenvalue weighted by Gasteiger charge is 2.14. The van der Waals surface area contributed by atoms with Crippen LogP contribution in [0.3, 0.4) is 0 Å². The van der Waals surface area contributed by atoms with Crippen LogP contribution < -0.4 is 10.2 Å². The molecule has 1 aliphatic heterocycles. The molecule has 100 valence electrons. The second-order valence-electron chi connectivity index (χ2n) is 5.10. The van der Waals surface area contributed by atoms with Crippen LogP contribution in [-0.2, 0) is 0 Å². The van der Waals surface area contributed by atoms with Crippen molar-refractivity contribution in [2.75, 3.05) is 31.1 Å². The maximum atomic E-state index is 6.21. The van der Waals surface area contributed by atoms with Crippen LogP contribution in [0.15, 0.2) is 18.2 Å². The number of nitrogens with zero attached hydrogens (tertiary/aromatic N) is 2. The Morgan fingerprint density at radius 2 is 1.95 bits per heavy atom. The van der Waals surface area contributed by atoms with Gasteiger partial charge >= 0.3 is 0 Å². The molecule has 19 heavy (non-hydrogen) atoms. The molecule has 0 aliphatic carbocycles. The summed E-state index contributed by atoms with van der Waals surface area (Å²) in [5, 5.41) is 5.35. The monoisotopic (exact) mass is 275 g/mol. The number of hydrogen-bond donors (Lipinski definition) is 1. The molecule has 1 N–H and O–H groups in total. The van der Waals surface area contributed by atoms with E-state index in [0.717, 1.165) is 48.1 Å². The Balaban J connectivity index is 2.14. The minimum absolute atomic E-state index is 0.789. The number of halogens is 1. The summed E-state index contributed by atoms with van der Waals surface area (Å²) in [4.78, 5) is 7.17. The van der Waals surface area contributed by atoms with Gasteiger partial charge in [-0.05, 0) is 37.1 Å². The van der Waals surface area contributed by atoms with Crippen LogP contribution in [0.5, 0.6) is 0 Å². The highest BCUT2D eigenvalue weighted by Crippen LogP contribution is 2.28. The number of aromatic nitrogens is 1. The molecule has 1 aromatic heterocycles. The van der Waals surface area contributed by atoms with Gasteiger partial charge in [0.1, 0.15) is 5.82 Å². The fourth-order valence-electron chi connectivity index (χ4n) is 2.61. The van der Waals surface area contributed by atoms with Crippen molar-refractivity contribution in [3.63, 3.8) is 0 Å². The van der Waals surface area contributed by atoms with Gasteiger partial charge in [0.05, 0.1) is 5.52 Å². The quantitative estimate of drug-likeness (QED) is 0.867. The summed E-state index contributed by atoms with van der Waals surface area (Å²) in [6.07, 6.45) is 0. The molecule has 0 atom stereocenters. The normalized spacial score (nSPS) is 16.1. The van der Waals surface area contributed by atoms with Crippen molar-refractivity contribution in [1.29, 1.82) is 0 Å². The van der Waals surface area contributed by atoms with E-state index in [4.69, 9.17) is 16.6 Å². The van der Waals surface area contributed by atoms with E-state index in [1.165, 1.54) is 10.9 Å². The van der Waals surface area contributed by atoms with Gasteiger partial charge in [0, 0.05) is 36.6 Å². The molecule has 2 aromatic rings. The van der Waals surface area contributed by atoms with E-state index in [9.17, 15) is 0 Å². The number of nitrogens with one attached hydrogen (secondary N) is 1. The minimum atomic E-state index is 0.789. The third-order valence-corrected chi connectivity index (χ3v) is 4.21. The Kier molecular flexibility index (Phi) is 3.33. The Morgan fingerprint density at radius 3 is 2.68 bits per heavy atom. The molecule has 1 aliphatic rings. The van der Waals surface area contributed by atoms with Crippen molar-refractivity contribution in [3.05, 3.63) is 34.3 Å². The van der Waals surface area contributed by atoms with Gasteiger partial charge in [-0.3, -0.25) is 0 Å². The van der Waals surface area contributed by atoms with Gasteiger partial charge in [-0.25, -0.2) is 4.98 Å². The van der Waals surface area contributed by atoms with Crippen LogP contribution in [-0.4, -0.2) is 31.2 Å². The van der Waals surface area contributed by atoms with Crippen LogP contribution in [0.1, 0.15) is 11.1 Å². The van der Waals surface area contributed by atoms with Gasteiger partial charge in [-0.2, -0.15) is 0 Å². The number of aryl methyl sites for hydroxylation is 2. The molecular formula is C15H18ClN3. The average molecular weight is 276 g/mol. The van der Waals surface area contributed by atoms with Crippen LogP contribution in [0, 0.1) is 13.8 Å². The smallest absolute Gasteiger partial charge is 0.129 e. The van der Waals surface area contributed by atoms with Crippen LogP contribution >= 0.6 is 11.6 Å². The lowest BCUT2D eigenvalue weighted by Crippen LogP contribution is -2.43. The molecule has 3 nitrogen and oxygen atoms in total. The number of rotatable bonds is 1. The van der Waals surface area contributed by atoms with Gasteiger partial charge < -0.3 is 10.2 Å². The number of pyridine rings is 1. The van der Waals surface area contributed by atoms with Gasteiger partial charge in [0.25, 0.3) is 0 Å². The van der Waals surface area contributed by atoms with Crippen LogP contribution in [0.25, 0.3) is 10.9 Å². The minimum Gasteiger partial charge on any atom is -0.354 e. The predicted octanol–water partition coefficient (Wildman–Crippen LogP) is 2.91. The van der Waals surface area contributed by atoms with Crippen molar-refractivity contribution >= 4 is 28.3 Å². The third kappa shape index (κ3) is 2.28. The molecule has 3 rings (SSSR count). The first-order valence-corrected chi connectivity index (χ1v) is 7.07. The summed E-state index contributed by atoms with van der Waals surface area (Å²) < 4.78 is 0. The summed E-state index contributed by atoms with van der Waals surface area (Å²) >= 11 is 6.21. The Labute approximate surface area is 118 Å². The highest BCUT2D eigenvalue weighted by molar-refractivity contribution is 6.32. The average Bonchev–Trinajstić information content (AvgIpc) is 2.44. The van der Waals surface area contributed by atoms with Crippen LogP contribution in [0.4, 0.5) is 5.82 Å². The lowest BCUT2D eigenvalue weighted by Gasteiger charge is -2.29. The second kappa shape index (κ2) is 4.99. The van der Waals surface area contributed by atoms with Gasteiger partial charge in [-0.1, -0.05) is 17.7 Å². The first kappa shape index (κ1) is 12.7. The van der Waals surface area contributed by atoms with E-state index in [1.807, 2.05) is 13.0 Å². The Bertz CT molecular complexity index is 618. The summed E-state index contributed by atoms with van der Waals surface area (Å²) in [6, 6.07) is 6.20. The SMILES string of the molecule is Cc1cc(N2CCNCC2)nc2c(C)c(Cl)ccc12. The zero-order valence-electron chi connectivity index (χ0n) is 11.3. The number of piperazine rings is 1. The predicted molar refractivity (Wildman–Crippen MR) is 81.3 cm³/mol.